The molecule has 2 rings (SSSR count). The third kappa shape index (κ3) is 4.37. The number of nitrogens with zero attached hydrogens (tertiary/aromatic N) is 2. The van der Waals surface area contributed by atoms with Crippen LogP contribution >= 0.6 is 0 Å². The smallest absolute Gasteiger partial charge is 0.225 e. The molecule has 3 N–H and O–H groups in total. The van der Waals surface area contributed by atoms with Gasteiger partial charge in [-0.2, -0.15) is 4.98 Å². The SMILES string of the molecule is CCCC(C)Nc1nc(C)c(Cc2ccc(OC)cc2C)c(N)n1. The van der Waals surface area contributed by atoms with Gasteiger partial charge in [0.15, 0.2) is 0 Å². The highest BCUT2D eigenvalue weighted by Gasteiger charge is 2.13. The van der Waals surface area contributed by atoms with Crippen molar-refractivity contribution in [1.82, 2.24) is 9.97 Å². The Morgan fingerprint density at radius 1 is 1.25 bits per heavy atom. The number of nitrogen functional groups attached to an aromatic ring is 1. The zero-order chi connectivity index (χ0) is 17.7. The maximum atomic E-state index is 6.21. The first-order valence-electron chi connectivity index (χ1n) is 8.47. The lowest BCUT2D eigenvalue weighted by molar-refractivity contribution is 0.414. The molecule has 1 aromatic carbocycles. The fourth-order valence-electron chi connectivity index (χ4n) is 2.81. The minimum absolute atomic E-state index is 0.337. The fourth-order valence-corrected chi connectivity index (χ4v) is 2.81. The Balaban J connectivity index is 2.22. The van der Waals surface area contributed by atoms with E-state index in [1.165, 1.54) is 11.1 Å². The molecule has 0 amide bonds. The lowest BCUT2D eigenvalue weighted by Gasteiger charge is -2.16. The molecule has 5 nitrogen and oxygen atoms in total. The largest absolute Gasteiger partial charge is 0.497 e. The van der Waals surface area contributed by atoms with Gasteiger partial charge in [-0.25, -0.2) is 4.98 Å². The Morgan fingerprint density at radius 2 is 2.00 bits per heavy atom. The Bertz CT molecular complexity index is 677. The molecule has 0 saturated carbocycles. The molecule has 130 valence electrons. The molecule has 0 radical (unpaired) electrons. The number of anilines is 2. The monoisotopic (exact) mass is 328 g/mol. The van der Waals surface area contributed by atoms with Gasteiger partial charge in [-0.15, -0.1) is 0 Å². The second-order valence-corrected chi connectivity index (χ2v) is 6.30. The van der Waals surface area contributed by atoms with Crippen LogP contribution in [0, 0.1) is 13.8 Å². The van der Waals surface area contributed by atoms with Crippen molar-refractivity contribution < 1.29 is 4.74 Å². The number of nitrogens with one attached hydrogen (secondary N) is 1. The van der Waals surface area contributed by atoms with Gasteiger partial charge >= 0.3 is 0 Å². The third-order valence-corrected chi connectivity index (χ3v) is 4.26. The number of nitrogens with two attached hydrogens (primary N) is 1. The zero-order valence-electron chi connectivity index (χ0n) is 15.3. The number of hydrogen-bond acceptors (Lipinski definition) is 5. The van der Waals surface area contributed by atoms with Crippen LogP contribution in [0.15, 0.2) is 18.2 Å². The molecular formula is C19H28N4O. The minimum atomic E-state index is 0.337. The summed E-state index contributed by atoms with van der Waals surface area (Å²) in [6.07, 6.45) is 2.92. The summed E-state index contributed by atoms with van der Waals surface area (Å²) in [6, 6.07) is 6.41. The van der Waals surface area contributed by atoms with Crippen LogP contribution in [0.5, 0.6) is 5.75 Å². The first-order chi connectivity index (χ1) is 11.4. The van der Waals surface area contributed by atoms with E-state index in [0.29, 0.717) is 17.8 Å². The van der Waals surface area contributed by atoms with Gasteiger partial charge in [-0.3, -0.25) is 0 Å². The Labute approximate surface area is 144 Å². The topological polar surface area (TPSA) is 73.1 Å². The third-order valence-electron chi connectivity index (χ3n) is 4.26. The molecule has 1 atom stereocenters. The average Bonchev–Trinajstić information content (AvgIpc) is 2.52. The van der Waals surface area contributed by atoms with E-state index in [0.717, 1.165) is 36.3 Å². The van der Waals surface area contributed by atoms with Gasteiger partial charge in [0.25, 0.3) is 0 Å². The van der Waals surface area contributed by atoms with Crippen molar-refractivity contribution in [2.45, 2.75) is 53.0 Å². The number of aryl methyl sites for hydroxylation is 2. The zero-order valence-corrected chi connectivity index (χ0v) is 15.3. The summed E-state index contributed by atoms with van der Waals surface area (Å²) in [4.78, 5) is 9.04. The Hall–Kier alpha value is -2.30. The van der Waals surface area contributed by atoms with Crippen LogP contribution in [-0.2, 0) is 6.42 Å². The molecular weight excluding hydrogens is 300 g/mol. The van der Waals surface area contributed by atoms with Gasteiger partial charge in [0.05, 0.1) is 7.11 Å². The summed E-state index contributed by atoms with van der Waals surface area (Å²) < 4.78 is 5.26. The van der Waals surface area contributed by atoms with Crippen molar-refractivity contribution in [3.8, 4) is 5.75 Å². The summed E-state index contributed by atoms with van der Waals surface area (Å²) in [5, 5.41) is 3.32. The van der Waals surface area contributed by atoms with E-state index >= 15 is 0 Å². The van der Waals surface area contributed by atoms with Crippen LogP contribution in [0.1, 0.15) is 49.1 Å². The second kappa shape index (κ2) is 7.99. The van der Waals surface area contributed by atoms with E-state index in [1.807, 2.05) is 19.1 Å². The van der Waals surface area contributed by atoms with E-state index in [9.17, 15) is 0 Å². The van der Waals surface area contributed by atoms with Crippen LogP contribution in [0.2, 0.25) is 0 Å². The van der Waals surface area contributed by atoms with E-state index < -0.39 is 0 Å². The molecule has 0 fully saturated rings. The van der Waals surface area contributed by atoms with Gasteiger partial charge in [0.2, 0.25) is 5.95 Å². The van der Waals surface area contributed by atoms with Crippen LogP contribution in [0.3, 0.4) is 0 Å². The summed E-state index contributed by atoms with van der Waals surface area (Å²) in [6.45, 7) is 8.36. The van der Waals surface area contributed by atoms with Crippen LogP contribution < -0.4 is 15.8 Å². The Kier molecular flexibility index (Phi) is 6.01. The lowest BCUT2D eigenvalue weighted by atomic mass is 10.00. The molecule has 0 spiro atoms. The van der Waals surface area contributed by atoms with E-state index in [2.05, 4.69) is 42.1 Å². The normalized spacial score (nSPS) is 12.0. The van der Waals surface area contributed by atoms with E-state index in [-0.39, 0.29) is 0 Å². The predicted octanol–water partition coefficient (Wildman–Crippen LogP) is 3.88. The van der Waals surface area contributed by atoms with E-state index in [1.54, 1.807) is 7.11 Å². The number of methoxy groups -OCH3 is 1. The number of ether oxygens (including phenoxy) is 1. The first-order valence-corrected chi connectivity index (χ1v) is 8.47. The van der Waals surface area contributed by atoms with Crippen molar-refractivity contribution in [2.24, 2.45) is 0 Å². The standard InChI is InChI=1S/C19H28N4O/c1-6-7-13(3)21-19-22-14(4)17(18(20)23-19)11-15-8-9-16(24-5)10-12(15)2/h8-10,13H,6-7,11H2,1-5H3,(H3,20,21,22,23). The van der Waals surface area contributed by atoms with Crippen LogP contribution in [0.4, 0.5) is 11.8 Å². The molecule has 0 saturated heterocycles. The molecule has 24 heavy (non-hydrogen) atoms. The molecule has 0 aliphatic carbocycles. The summed E-state index contributed by atoms with van der Waals surface area (Å²) in [5.74, 6) is 2.02. The van der Waals surface area contributed by atoms with Crippen molar-refractivity contribution in [3.63, 3.8) is 0 Å². The first kappa shape index (κ1) is 18.0. The van der Waals surface area contributed by atoms with Gasteiger partial charge in [0.1, 0.15) is 11.6 Å². The van der Waals surface area contributed by atoms with Gasteiger partial charge in [-0.05, 0) is 50.5 Å². The number of rotatable bonds is 7. The predicted molar refractivity (Wildman–Crippen MR) is 99.7 cm³/mol. The minimum Gasteiger partial charge on any atom is -0.497 e. The van der Waals surface area contributed by atoms with Crippen molar-refractivity contribution in [2.75, 3.05) is 18.2 Å². The Morgan fingerprint density at radius 3 is 2.58 bits per heavy atom. The fraction of sp³-hybridized carbons (Fsp3) is 0.474. The highest BCUT2D eigenvalue weighted by Crippen LogP contribution is 2.24. The maximum absolute atomic E-state index is 6.21. The molecule has 5 heteroatoms. The molecule has 0 aliphatic rings. The van der Waals surface area contributed by atoms with Gasteiger partial charge in [-0.1, -0.05) is 19.4 Å². The summed E-state index contributed by atoms with van der Waals surface area (Å²) in [5.41, 5.74) is 10.5. The number of aromatic nitrogens is 2. The van der Waals surface area contributed by atoms with Crippen LogP contribution in [-0.4, -0.2) is 23.1 Å². The van der Waals surface area contributed by atoms with E-state index in [4.69, 9.17) is 10.5 Å². The molecule has 0 aliphatic heterocycles. The van der Waals surface area contributed by atoms with Crippen LogP contribution in [0.25, 0.3) is 0 Å². The molecule has 0 bridgehead atoms. The highest BCUT2D eigenvalue weighted by molar-refractivity contribution is 5.50. The molecule has 1 heterocycles. The quantitative estimate of drug-likeness (QED) is 0.807. The summed E-state index contributed by atoms with van der Waals surface area (Å²) in [7, 11) is 1.68. The molecule has 1 aromatic heterocycles. The van der Waals surface area contributed by atoms with Crippen molar-refractivity contribution in [3.05, 3.63) is 40.6 Å². The molecule has 2 aromatic rings. The van der Waals surface area contributed by atoms with Crippen molar-refractivity contribution in [1.29, 1.82) is 0 Å². The van der Waals surface area contributed by atoms with Crippen molar-refractivity contribution >= 4 is 11.8 Å². The number of hydrogen-bond donors (Lipinski definition) is 2. The van der Waals surface area contributed by atoms with Gasteiger partial charge < -0.3 is 15.8 Å². The highest BCUT2D eigenvalue weighted by atomic mass is 16.5. The summed E-state index contributed by atoms with van der Waals surface area (Å²) >= 11 is 0. The maximum Gasteiger partial charge on any atom is 0.225 e. The van der Waals surface area contributed by atoms with Gasteiger partial charge in [0, 0.05) is 23.7 Å². The number of benzene rings is 1. The average molecular weight is 328 g/mol. The second-order valence-electron chi connectivity index (χ2n) is 6.30. The molecule has 1 unspecified atom stereocenters. The lowest BCUT2D eigenvalue weighted by Crippen LogP contribution is -2.18.